The SMILES string of the molecule is O=C(COc1ccc2c(c1)CCC2)Oc1ccc2ccc(=O)oc2c1. The van der Waals surface area contributed by atoms with Gasteiger partial charge in [0, 0.05) is 17.5 Å². The van der Waals surface area contributed by atoms with Crippen LogP contribution in [0.25, 0.3) is 11.0 Å². The van der Waals surface area contributed by atoms with Gasteiger partial charge in [-0.05, 0) is 60.7 Å². The van der Waals surface area contributed by atoms with Crippen LogP contribution in [0, 0.1) is 0 Å². The molecule has 0 aliphatic heterocycles. The van der Waals surface area contributed by atoms with Crippen LogP contribution < -0.4 is 15.1 Å². The summed E-state index contributed by atoms with van der Waals surface area (Å²) in [6, 6.07) is 13.8. The first-order valence-electron chi connectivity index (χ1n) is 8.16. The van der Waals surface area contributed by atoms with Crippen LogP contribution in [0.15, 0.2) is 57.7 Å². The molecule has 0 saturated carbocycles. The maximum Gasteiger partial charge on any atom is 0.349 e. The molecule has 0 radical (unpaired) electrons. The molecule has 1 aliphatic carbocycles. The molecular weight excluding hydrogens is 320 g/mol. The number of aryl methyl sites for hydroxylation is 2. The zero-order valence-electron chi connectivity index (χ0n) is 13.5. The monoisotopic (exact) mass is 336 g/mol. The fourth-order valence-electron chi connectivity index (χ4n) is 3.05. The van der Waals surface area contributed by atoms with E-state index in [1.54, 1.807) is 18.2 Å². The highest BCUT2D eigenvalue weighted by molar-refractivity contribution is 5.80. The Morgan fingerprint density at radius 2 is 1.76 bits per heavy atom. The number of ether oxygens (including phenoxy) is 2. The number of benzene rings is 2. The third-order valence-corrected chi connectivity index (χ3v) is 4.25. The highest BCUT2D eigenvalue weighted by Gasteiger charge is 2.12. The van der Waals surface area contributed by atoms with Crippen LogP contribution in [0.2, 0.25) is 0 Å². The maximum atomic E-state index is 12.0. The fourth-order valence-corrected chi connectivity index (χ4v) is 3.05. The third-order valence-electron chi connectivity index (χ3n) is 4.25. The van der Waals surface area contributed by atoms with Crippen LogP contribution in [-0.2, 0) is 17.6 Å². The van der Waals surface area contributed by atoms with Gasteiger partial charge in [-0.25, -0.2) is 9.59 Å². The van der Waals surface area contributed by atoms with Crippen molar-refractivity contribution in [3.05, 3.63) is 70.1 Å². The number of esters is 1. The van der Waals surface area contributed by atoms with E-state index in [2.05, 4.69) is 0 Å². The fraction of sp³-hybridized carbons (Fsp3) is 0.200. The summed E-state index contributed by atoms with van der Waals surface area (Å²) in [7, 11) is 0. The second-order valence-corrected chi connectivity index (χ2v) is 6.00. The maximum absolute atomic E-state index is 12.0. The van der Waals surface area contributed by atoms with Gasteiger partial charge in [-0.2, -0.15) is 0 Å². The quantitative estimate of drug-likeness (QED) is 0.416. The number of fused-ring (bicyclic) bond motifs is 2. The van der Waals surface area contributed by atoms with E-state index in [1.165, 1.54) is 29.7 Å². The van der Waals surface area contributed by atoms with Gasteiger partial charge in [0.1, 0.15) is 17.1 Å². The van der Waals surface area contributed by atoms with Crippen LogP contribution in [0.5, 0.6) is 11.5 Å². The topological polar surface area (TPSA) is 65.7 Å². The molecule has 0 fully saturated rings. The van der Waals surface area contributed by atoms with Crippen molar-refractivity contribution in [1.29, 1.82) is 0 Å². The minimum atomic E-state index is -0.516. The molecule has 1 aromatic heterocycles. The van der Waals surface area contributed by atoms with Gasteiger partial charge in [0.15, 0.2) is 6.61 Å². The van der Waals surface area contributed by atoms with Crippen molar-refractivity contribution < 1.29 is 18.7 Å². The highest BCUT2D eigenvalue weighted by Crippen LogP contribution is 2.26. The lowest BCUT2D eigenvalue weighted by Crippen LogP contribution is -2.17. The minimum absolute atomic E-state index is 0.185. The Bertz CT molecular complexity index is 1000. The molecule has 0 N–H and O–H groups in total. The van der Waals surface area contributed by atoms with Gasteiger partial charge in [-0.3, -0.25) is 0 Å². The van der Waals surface area contributed by atoms with Gasteiger partial charge in [0.2, 0.25) is 0 Å². The molecule has 0 saturated heterocycles. The van der Waals surface area contributed by atoms with Crippen LogP contribution in [0.1, 0.15) is 17.5 Å². The third kappa shape index (κ3) is 3.40. The molecule has 2 aromatic carbocycles. The van der Waals surface area contributed by atoms with Crippen molar-refractivity contribution in [2.24, 2.45) is 0 Å². The number of hydrogen-bond donors (Lipinski definition) is 0. The Labute approximate surface area is 143 Å². The molecule has 3 aromatic rings. The Hall–Kier alpha value is -3.08. The standard InChI is InChI=1S/C20H16O5/c21-19-9-6-14-5-8-17(11-18(14)25-19)24-20(22)12-23-16-7-4-13-2-1-3-15(13)10-16/h4-11H,1-3,12H2. The molecule has 5 nitrogen and oxygen atoms in total. The van der Waals surface area contributed by atoms with Gasteiger partial charge in [-0.15, -0.1) is 0 Å². The molecule has 0 bridgehead atoms. The zero-order chi connectivity index (χ0) is 17.2. The van der Waals surface area contributed by atoms with Gasteiger partial charge in [0.25, 0.3) is 0 Å². The van der Waals surface area contributed by atoms with Crippen LogP contribution in [0.3, 0.4) is 0 Å². The van der Waals surface area contributed by atoms with Crippen LogP contribution >= 0.6 is 0 Å². The molecular formula is C20H16O5. The van der Waals surface area contributed by atoms with Crippen molar-refractivity contribution in [2.45, 2.75) is 19.3 Å². The number of carbonyl (C=O) groups is 1. The van der Waals surface area contributed by atoms with E-state index in [0.29, 0.717) is 17.1 Å². The van der Waals surface area contributed by atoms with Crippen LogP contribution in [0.4, 0.5) is 0 Å². The predicted molar refractivity (Wildman–Crippen MR) is 92.1 cm³/mol. The largest absolute Gasteiger partial charge is 0.482 e. The number of carbonyl (C=O) groups excluding carboxylic acids is 1. The molecule has 0 atom stereocenters. The number of hydrogen-bond acceptors (Lipinski definition) is 5. The zero-order valence-corrected chi connectivity index (χ0v) is 13.5. The first-order valence-corrected chi connectivity index (χ1v) is 8.16. The lowest BCUT2D eigenvalue weighted by molar-refractivity contribution is -0.136. The molecule has 0 amide bonds. The van der Waals surface area contributed by atoms with Crippen LogP contribution in [-0.4, -0.2) is 12.6 Å². The molecule has 5 heteroatoms. The van der Waals surface area contributed by atoms with Crippen molar-refractivity contribution in [1.82, 2.24) is 0 Å². The summed E-state index contributed by atoms with van der Waals surface area (Å²) in [5, 5.41) is 0.758. The van der Waals surface area contributed by atoms with E-state index in [9.17, 15) is 9.59 Å². The van der Waals surface area contributed by atoms with Crippen molar-refractivity contribution >= 4 is 16.9 Å². The van der Waals surface area contributed by atoms with Gasteiger partial charge in [0.05, 0.1) is 0 Å². The van der Waals surface area contributed by atoms with E-state index < -0.39 is 11.6 Å². The highest BCUT2D eigenvalue weighted by atomic mass is 16.6. The van der Waals surface area contributed by atoms with Crippen molar-refractivity contribution in [3.63, 3.8) is 0 Å². The molecule has 1 aliphatic rings. The molecule has 25 heavy (non-hydrogen) atoms. The summed E-state index contributed by atoms with van der Waals surface area (Å²) in [5.41, 5.74) is 2.57. The normalized spacial score (nSPS) is 12.8. The Morgan fingerprint density at radius 3 is 2.68 bits per heavy atom. The van der Waals surface area contributed by atoms with Gasteiger partial charge in [-0.1, -0.05) is 6.07 Å². The first-order chi connectivity index (χ1) is 12.2. The first kappa shape index (κ1) is 15.4. The van der Waals surface area contributed by atoms with Crippen molar-refractivity contribution in [3.8, 4) is 11.5 Å². The smallest absolute Gasteiger partial charge is 0.349 e. The molecule has 0 spiro atoms. The molecule has 126 valence electrons. The Morgan fingerprint density at radius 1 is 0.960 bits per heavy atom. The summed E-state index contributed by atoms with van der Waals surface area (Å²) >= 11 is 0. The van der Waals surface area contributed by atoms with E-state index >= 15 is 0 Å². The summed E-state index contributed by atoms with van der Waals surface area (Å²) in [5.74, 6) is 0.463. The van der Waals surface area contributed by atoms with E-state index in [1.807, 2.05) is 18.2 Å². The Kier molecular flexibility index (Phi) is 3.98. The van der Waals surface area contributed by atoms with E-state index in [0.717, 1.165) is 18.2 Å². The van der Waals surface area contributed by atoms with E-state index in [-0.39, 0.29) is 6.61 Å². The van der Waals surface area contributed by atoms with Gasteiger partial charge >= 0.3 is 11.6 Å². The average Bonchev–Trinajstić information content (AvgIpc) is 3.07. The minimum Gasteiger partial charge on any atom is -0.482 e. The molecule has 4 rings (SSSR count). The predicted octanol–water partition coefficient (Wildman–Crippen LogP) is 3.27. The lowest BCUT2D eigenvalue weighted by atomic mass is 10.1. The molecule has 1 heterocycles. The number of rotatable bonds is 4. The average molecular weight is 336 g/mol. The summed E-state index contributed by atoms with van der Waals surface area (Å²) < 4.78 is 15.9. The Balaban J connectivity index is 1.41. The lowest BCUT2D eigenvalue weighted by Gasteiger charge is -2.08. The van der Waals surface area contributed by atoms with E-state index in [4.69, 9.17) is 13.9 Å². The van der Waals surface area contributed by atoms with Crippen molar-refractivity contribution in [2.75, 3.05) is 6.61 Å². The second kappa shape index (κ2) is 6.43. The summed E-state index contributed by atoms with van der Waals surface area (Å²) in [4.78, 5) is 23.2. The second-order valence-electron chi connectivity index (χ2n) is 6.00. The summed E-state index contributed by atoms with van der Waals surface area (Å²) in [6.07, 6.45) is 3.33. The molecule has 0 unspecified atom stereocenters. The summed E-state index contributed by atoms with van der Waals surface area (Å²) in [6.45, 7) is -0.185. The van der Waals surface area contributed by atoms with Gasteiger partial charge < -0.3 is 13.9 Å².